The topological polar surface area (TPSA) is 0 Å². The van der Waals surface area contributed by atoms with Gasteiger partial charge in [0.2, 0.25) is 0 Å². The Balaban J connectivity index is 2.26. The highest BCUT2D eigenvalue weighted by atomic mass is 14.4. The van der Waals surface area contributed by atoms with Crippen molar-refractivity contribution >= 4 is 0 Å². The third kappa shape index (κ3) is 4.14. The maximum absolute atomic E-state index is 4.37. The molecule has 0 aromatic heterocycles. The molecule has 2 bridgehead atoms. The maximum atomic E-state index is 4.37. The molecule has 122 valence electrons. The molecule has 3 unspecified atom stereocenters. The fraction of sp³-hybridized carbons (Fsp3) is 0.905. The summed E-state index contributed by atoms with van der Waals surface area (Å²) in [5, 5.41) is 0. The van der Waals surface area contributed by atoms with Crippen LogP contribution in [0.2, 0.25) is 0 Å². The summed E-state index contributed by atoms with van der Waals surface area (Å²) in [4.78, 5) is 0. The van der Waals surface area contributed by atoms with Gasteiger partial charge in [0.1, 0.15) is 0 Å². The molecule has 2 aliphatic carbocycles. The number of fused-ring (bicyclic) bond motifs is 3. The Bertz CT molecular complexity index is 351. The summed E-state index contributed by atoms with van der Waals surface area (Å²) in [7, 11) is 0. The highest BCUT2D eigenvalue weighted by Crippen LogP contribution is 2.50. The second-order valence-electron chi connectivity index (χ2n) is 9.12. The molecule has 0 aromatic rings. The lowest BCUT2D eigenvalue weighted by molar-refractivity contribution is 0.107. The molecule has 0 amide bonds. The van der Waals surface area contributed by atoms with Crippen LogP contribution in [0, 0.1) is 22.7 Å². The summed E-state index contributed by atoms with van der Waals surface area (Å²) in [5.41, 5.74) is 2.52. The normalized spacial score (nSPS) is 38.1. The minimum absolute atomic E-state index is 0.516. The van der Waals surface area contributed by atoms with Crippen LogP contribution in [-0.4, -0.2) is 0 Å². The minimum atomic E-state index is 0.516. The Morgan fingerprint density at radius 2 is 1.48 bits per heavy atom. The Morgan fingerprint density at radius 3 is 2.19 bits per heavy atom. The van der Waals surface area contributed by atoms with Gasteiger partial charge >= 0.3 is 0 Å². The molecular weight excluding hydrogens is 252 g/mol. The summed E-state index contributed by atoms with van der Waals surface area (Å²) in [6.07, 6.45) is 15.8. The van der Waals surface area contributed by atoms with Crippen molar-refractivity contribution in [3.63, 3.8) is 0 Å². The summed E-state index contributed by atoms with van der Waals surface area (Å²) in [6.45, 7) is 14.3. The highest BCUT2D eigenvalue weighted by Gasteiger charge is 2.38. The molecule has 0 radical (unpaired) electrons. The summed E-state index contributed by atoms with van der Waals surface area (Å²) >= 11 is 0. The summed E-state index contributed by atoms with van der Waals surface area (Å²) < 4.78 is 0. The van der Waals surface area contributed by atoms with Crippen LogP contribution < -0.4 is 0 Å². The summed E-state index contributed by atoms with van der Waals surface area (Å²) in [5.74, 6) is 1.71. The first-order valence-electron chi connectivity index (χ1n) is 9.50. The van der Waals surface area contributed by atoms with Crippen molar-refractivity contribution < 1.29 is 0 Å². The molecule has 2 fully saturated rings. The molecule has 21 heavy (non-hydrogen) atoms. The van der Waals surface area contributed by atoms with Crippen molar-refractivity contribution in [3.8, 4) is 0 Å². The molecule has 0 aliphatic heterocycles. The molecule has 0 heteroatoms. The van der Waals surface area contributed by atoms with E-state index in [0.717, 1.165) is 11.8 Å². The number of allylic oxidation sites excluding steroid dienone is 1. The molecule has 0 nitrogen and oxygen atoms in total. The lowest BCUT2D eigenvalue weighted by Crippen LogP contribution is -2.31. The van der Waals surface area contributed by atoms with Crippen LogP contribution in [0.3, 0.4) is 0 Å². The zero-order valence-electron chi connectivity index (χ0n) is 15.1. The molecule has 0 heterocycles. The van der Waals surface area contributed by atoms with Gasteiger partial charge in [-0.15, -0.1) is 0 Å². The molecular formula is C21H38. The zero-order chi connectivity index (χ0) is 15.5. The SMILES string of the molecule is C=C(C)C1CCCCC2CCC1(C)CCCCCC2(C)C. The second kappa shape index (κ2) is 6.88. The Morgan fingerprint density at radius 1 is 0.810 bits per heavy atom. The lowest BCUT2D eigenvalue weighted by Gasteiger charge is -2.42. The third-order valence-electron chi connectivity index (χ3n) is 6.97. The monoisotopic (exact) mass is 290 g/mol. The predicted octanol–water partition coefficient (Wildman–Crippen LogP) is 7.15. The van der Waals surface area contributed by atoms with Crippen molar-refractivity contribution in [2.24, 2.45) is 22.7 Å². The minimum Gasteiger partial charge on any atom is -0.0998 e. The molecule has 2 saturated carbocycles. The van der Waals surface area contributed by atoms with Gasteiger partial charge in [0.25, 0.3) is 0 Å². The molecule has 2 rings (SSSR count). The second-order valence-corrected chi connectivity index (χ2v) is 9.12. The molecule has 0 N–H and O–H groups in total. The lowest BCUT2D eigenvalue weighted by atomic mass is 9.63. The molecule has 3 atom stereocenters. The first kappa shape index (κ1) is 17.1. The Kier molecular flexibility index (Phi) is 5.60. The quantitative estimate of drug-likeness (QED) is 0.450. The molecule has 0 aromatic carbocycles. The molecule has 0 saturated heterocycles. The van der Waals surface area contributed by atoms with E-state index in [4.69, 9.17) is 0 Å². The van der Waals surface area contributed by atoms with Gasteiger partial charge in [-0.2, -0.15) is 0 Å². The first-order valence-corrected chi connectivity index (χ1v) is 9.50. The van der Waals surface area contributed by atoms with E-state index in [1.54, 1.807) is 0 Å². The predicted molar refractivity (Wildman–Crippen MR) is 94.5 cm³/mol. The van der Waals surface area contributed by atoms with E-state index in [9.17, 15) is 0 Å². The van der Waals surface area contributed by atoms with Crippen LogP contribution in [0.25, 0.3) is 0 Å². The number of hydrogen-bond acceptors (Lipinski definition) is 0. The average molecular weight is 291 g/mol. The van der Waals surface area contributed by atoms with Crippen molar-refractivity contribution in [1.29, 1.82) is 0 Å². The standard InChI is InChI=1S/C21H38/c1-17(2)19-12-8-7-11-18-13-16-21(19,5)15-10-6-9-14-20(18,3)4/h18-19H,1,6-16H2,2-5H3. The van der Waals surface area contributed by atoms with E-state index >= 15 is 0 Å². The van der Waals surface area contributed by atoms with Crippen molar-refractivity contribution in [2.75, 3.05) is 0 Å². The van der Waals surface area contributed by atoms with Crippen LogP contribution in [0.1, 0.15) is 98.3 Å². The smallest absolute Gasteiger partial charge is 0.0155 e. The van der Waals surface area contributed by atoms with Gasteiger partial charge in [-0.25, -0.2) is 0 Å². The molecule has 0 spiro atoms. The van der Waals surface area contributed by atoms with Gasteiger partial charge in [0.15, 0.2) is 0 Å². The van der Waals surface area contributed by atoms with Crippen LogP contribution in [-0.2, 0) is 0 Å². The fourth-order valence-electron chi connectivity index (χ4n) is 5.32. The Hall–Kier alpha value is -0.260. The fourth-order valence-corrected chi connectivity index (χ4v) is 5.32. The van der Waals surface area contributed by atoms with Gasteiger partial charge in [0, 0.05) is 0 Å². The highest BCUT2D eigenvalue weighted by molar-refractivity contribution is 5.04. The third-order valence-corrected chi connectivity index (χ3v) is 6.97. The van der Waals surface area contributed by atoms with Crippen molar-refractivity contribution in [3.05, 3.63) is 12.2 Å². The van der Waals surface area contributed by atoms with E-state index in [1.807, 2.05) is 0 Å². The van der Waals surface area contributed by atoms with Gasteiger partial charge in [-0.05, 0) is 68.1 Å². The number of hydrogen-bond donors (Lipinski definition) is 0. The largest absolute Gasteiger partial charge is 0.0998 e. The van der Waals surface area contributed by atoms with E-state index in [1.165, 1.54) is 76.2 Å². The van der Waals surface area contributed by atoms with Crippen molar-refractivity contribution in [1.82, 2.24) is 0 Å². The van der Waals surface area contributed by atoms with Gasteiger partial charge in [0.05, 0.1) is 0 Å². The van der Waals surface area contributed by atoms with Crippen molar-refractivity contribution in [2.45, 2.75) is 98.3 Å². The van der Waals surface area contributed by atoms with Gasteiger partial charge in [-0.1, -0.05) is 65.0 Å². The summed E-state index contributed by atoms with van der Waals surface area (Å²) in [6, 6.07) is 0. The van der Waals surface area contributed by atoms with Crippen LogP contribution in [0.15, 0.2) is 12.2 Å². The number of rotatable bonds is 1. The molecule has 2 aliphatic rings. The Labute approximate surface area is 133 Å². The van der Waals surface area contributed by atoms with Crippen LogP contribution in [0.5, 0.6) is 0 Å². The average Bonchev–Trinajstić information content (AvgIpc) is 2.47. The first-order chi connectivity index (χ1) is 9.85. The maximum Gasteiger partial charge on any atom is -0.0155 e. The van der Waals surface area contributed by atoms with Crippen LogP contribution in [0.4, 0.5) is 0 Å². The van der Waals surface area contributed by atoms with Gasteiger partial charge < -0.3 is 0 Å². The van der Waals surface area contributed by atoms with E-state index < -0.39 is 0 Å². The van der Waals surface area contributed by atoms with Gasteiger partial charge in [-0.3, -0.25) is 0 Å². The van der Waals surface area contributed by atoms with E-state index in [0.29, 0.717) is 10.8 Å². The van der Waals surface area contributed by atoms with Crippen LogP contribution >= 0.6 is 0 Å². The van der Waals surface area contributed by atoms with E-state index in [-0.39, 0.29) is 0 Å². The van der Waals surface area contributed by atoms with E-state index in [2.05, 4.69) is 34.3 Å². The zero-order valence-corrected chi connectivity index (χ0v) is 15.1.